The van der Waals surface area contributed by atoms with E-state index < -0.39 is 40.6 Å². The smallest absolute Gasteiger partial charge is 0.410 e. The number of hydrogen-bond acceptors (Lipinski definition) is 11. The first-order valence-corrected chi connectivity index (χ1v) is 21.1. The Labute approximate surface area is 362 Å². The number of nitrogens with zero attached hydrogens (tertiary/aromatic N) is 1. The summed E-state index contributed by atoms with van der Waals surface area (Å²) in [5, 5.41) is 18.1. The van der Waals surface area contributed by atoms with Crippen LogP contribution in [0.1, 0.15) is 75.2 Å². The van der Waals surface area contributed by atoms with Crippen molar-refractivity contribution in [3.05, 3.63) is 142 Å². The Balaban J connectivity index is 1.26. The van der Waals surface area contributed by atoms with Crippen molar-refractivity contribution in [3.63, 3.8) is 0 Å². The third-order valence-electron chi connectivity index (χ3n) is 9.16. The van der Waals surface area contributed by atoms with Gasteiger partial charge in [0.25, 0.3) is 11.8 Å². The van der Waals surface area contributed by atoms with Gasteiger partial charge in [0.1, 0.15) is 33.0 Å². The van der Waals surface area contributed by atoms with Crippen molar-refractivity contribution in [1.29, 1.82) is 0 Å². The lowest BCUT2D eigenvalue weighted by Gasteiger charge is -2.30. The summed E-state index contributed by atoms with van der Waals surface area (Å²) in [5.41, 5.74) is 2.05. The summed E-state index contributed by atoms with van der Waals surface area (Å²) in [7, 11) is 1.43. The van der Waals surface area contributed by atoms with Crippen molar-refractivity contribution in [2.45, 2.75) is 56.4 Å². The third kappa shape index (κ3) is 11.4. The van der Waals surface area contributed by atoms with Gasteiger partial charge in [0, 0.05) is 39.2 Å². The highest BCUT2D eigenvalue weighted by Crippen LogP contribution is 2.41. The Morgan fingerprint density at radius 2 is 1.64 bits per heavy atom. The number of benzene rings is 4. The predicted molar refractivity (Wildman–Crippen MR) is 236 cm³/mol. The van der Waals surface area contributed by atoms with Gasteiger partial charge in [-0.1, -0.05) is 54.6 Å². The lowest BCUT2D eigenvalue weighted by molar-refractivity contribution is -0.116. The second kappa shape index (κ2) is 19.7. The van der Waals surface area contributed by atoms with Gasteiger partial charge in [-0.15, -0.1) is 23.1 Å². The van der Waals surface area contributed by atoms with E-state index in [1.54, 1.807) is 93.3 Å². The summed E-state index contributed by atoms with van der Waals surface area (Å²) in [6, 6.07) is 28.9. The molecule has 1 aromatic heterocycles. The molecule has 2 heterocycles. The van der Waals surface area contributed by atoms with Crippen LogP contribution >= 0.6 is 23.1 Å². The molecule has 0 saturated carbocycles. The van der Waals surface area contributed by atoms with E-state index in [2.05, 4.69) is 16.0 Å². The van der Waals surface area contributed by atoms with Gasteiger partial charge in [-0.3, -0.25) is 14.4 Å². The van der Waals surface area contributed by atoms with Crippen LogP contribution in [0.4, 0.5) is 15.5 Å². The van der Waals surface area contributed by atoms with Gasteiger partial charge in [-0.05, 0) is 93.8 Å². The fourth-order valence-corrected chi connectivity index (χ4v) is 8.71. The van der Waals surface area contributed by atoms with Gasteiger partial charge in [-0.25, -0.2) is 9.59 Å². The number of phenolic OH excluding ortho intramolecular Hbond substituents is 1. The number of fused-ring (bicyclic) bond motifs is 1. The van der Waals surface area contributed by atoms with Crippen LogP contribution in [-0.4, -0.2) is 65.7 Å². The molecule has 15 heteroatoms. The van der Waals surface area contributed by atoms with E-state index in [9.17, 15) is 29.1 Å². The maximum absolute atomic E-state index is 14.4. The Morgan fingerprint density at radius 1 is 0.918 bits per heavy atom. The molecule has 316 valence electrons. The van der Waals surface area contributed by atoms with Gasteiger partial charge < -0.3 is 40.2 Å². The number of rotatable bonds is 13. The lowest BCUT2D eigenvalue weighted by Crippen LogP contribution is -2.39. The molecule has 4 aromatic carbocycles. The highest BCUT2D eigenvalue weighted by Gasteiger charge is 2.34. The van der Waals surface area contributed by atoms with Crippen LogP contribution in [0.5, 0.6) is 11.5 Å². The highest BCUT2D eigenvalue weighted by atomic mass is 32.2. The van der Waals surface area contributed by atoms with Gasteiger partial charge in [0.05, 0.1) is 25.8 Å². The maximum Gasteiger partial charge on any atom is 0.410 e. The zero-order chi connectivity index (χ0) is 43.7. The number of anilines is 2. The number of phenols is 1. The standard InChI is InChI=1S/C46H46N4O9S2/c1-6-58-44(55)38-34-22-23-50(45(56)59-46(2,3)4)27-37(34)61-43(38)49-42(54)39(28-14-9-7-10-15-28)60-33-19-13-18-31(25-33)47-41(53)35(48-40(52)29-16-11-8-12-17-29)24-30-20-21-32(51)26-36(30)57-5/h7-21,24-26,39,51H,6,22-23,27H2,1-5H3,(H,47,53)(H,48,52)(H,49,54)/b35-24+. The van der Waals surface area contributed by atoms with Crippen LogP contribution in [0.15, 0.2) is 114 Å². The zero-order valence-electron chi connectivity index (χ0n) is 34.3. The van der Waals surface area contributed by atoms with Gasteiger partial charge in [0.2, 0.25) is 5.91 Å². The molecule has 0 bridgehead atoms. The number of nitrogens with one attached hydrogen (secondary N) is 3. The first-order valence-electron chi connectivity index (χ1n) is 19.4. The number of hydrogen-bond donors (Lipinski definition) is 4. The molecular weight excluding hydrogens is 817 g/mol. The van der Waals surface area contributed by atoms with Crippen molar-refractivity contribution in [1.82, 2.24) is 10.2 Å². The van der Waals surface area contributed by atoms with Crippen molar-refractivity contribution in [2.75, 3.05) is 30.9 Å². The van der Waals surface area contributed by atoms with E-state index in [-0.39, 0.29) is 35.9 Å². The van der Waals surface area contributed by atoms with Crippen LogP contribution in [0.2, 0.25) is 0 Å². The summed E-state index contributed by atoms with van der Waals surface area (Å²) < 4.78 is 16.4. The Kier molecular flexibility index (Phi) is 14.2. The lowest BCUT2D eigenvalue weighted by atomic mass is 10.0. The number of methoxy groups -OCH3 is 1. The van der Waals surface area contributed by atoms with Crippen molar-refractivity contribution in [2.24, 2.45) is 0 Å². The fourth-order valence-electron chi connectivity index (χ4n) is 6.37. The molecule has 4 N–H and O–H groups in total. The second-order valence-electron chi connectivity index (χ2n) is 14.8. The molecular formula is C46H46N4O9S2. The molecule has 13 nitrogen and oxygen atoms in total. The molecule has 0 spiro atoms. The van der Waals surface area contributed by atoms with Gasteiger partial charge >= 0.3 is 12.1 Å². The van der Waals surface area contributed by atoms with E-state index in [1.165, 1.54) is 48.4 Å². The minimum absolute atomic E-state index is 0.0364. The quantitative estimate of drug-likeness (QED) is 0.0509. The average Bonchev–Trinajstić information content (AvgIpc) is 3.60. The summed E-state index contributed by atoms with van der Waals surface area (Å²) in [6.45, 7) is 7.78. The monoisotopic (exact) mass is 862 g/mol. The molecule has 0 saturated heterocycles. The average molecular weight is 863 g/mol. The predicted octanol–water partition coefficient (Wildman–Crippen LogP) is 8.81. The van der Waals surface area contributed by atoms with Crippen LogP contribution in [0, 0.1) is 0 Å². The normalized spacial score (nSPS) is 13.0. The number of ether oxygens (including phenoxy) is 3. The Morgan fingerprint density at radius 3 is 2.33 bits per heavy atom. The summed E-state index contributed by atoms with van der Waals surface area (Å²) in [4.78, 5) is 70.9. The Bertz CT molecular complexity index is 2450. The third-order valence-corrected chi connectivity index (χ3v) is 11.5. The van der Waals surface area contributed by atoms with Crippen LogP contribution in [0.3, 0.4) is 0 Å². The largest absolute Gasteiger partial charge is 0.508 e. The molecule has 6 rings (SSSR count). The number of thiophene rings is 1. The van der Waals surface area contributed by atoms with Crippen LogP contribution in [0.25, 0.3) is 6.08 Å². The number of carbonyl (C=O) groups is 5. The number of aromatic hydroxyl groups is 1. The Hall–Kier alpha value is -6.58. The van der Waals surface area contributed by atoms with Crippen LogP contribution in [-0.2, 0) is 32.0 Å². The molecule has 1 aliphatic rings. The topological polar surface area (TPSA) is 173 Å². The molecule has 0 radical (unpaired) electrons. The van der Waals surface area contributed by atoms with E-state index in [1.807, 2.05) is 30.3 Å². The molecule has 1 atom stereocenters. The van der Waals surface area contributed by atoms with E-state index in [4.69, 9.17) is 14.2 Å². The molecule has 0 aliphatic carbocycles. The summed E-state index contributed by atoms with van der Waals surface area (Å²) >= 11 is 2.46. The van der Waals surface area contributed by atoms with Crippen molar-refractivity contribution < 1.29 is 43.3 Å². The van der Waals surface area contributed by atoms with Gasteiger partial charge in [-0.2, -0.15) is 0 Å². The molecule has 61 heavy (non-hydrogen) atoms. The van der Waals surface area contributed by atoms with E-state index in [0.717, 1.165) is 10.4 Å². The number of esters is 1. The maximum atomic E-state index is 14.4. The van der Waals surface area contributed by atoms with Crippen molar-refractivity contribution in [3.8, 4) is 11.5 Å². The summed E-state index contributed by atoms with van der Waals surface area (Å²) in [5.74, 6) is -1.88. The zero-order valence-corrected chi connectivity index (χ0v) is 35.9. The van der Waals surface area contributed by atoms with Crippen molar-refractivity contribution >= 4 is 69.6 Å². The van der Waals surface area contributed by atoms with Gasteiger partial charge in [0.15, 0.2) is 0 Å². The van der Waals surface area contributed by atoms with Crippen LogP contribution < -0.4 is 20.7 Å². The molecule has 1 aliphatic heterocycles. The first-order chi connectivity index (χ1) is 29.2. The van der Waals surface area contributed by atoms with E-state index >= 15 is 0 Å². The fraction of sp³-hybridized carbons (Fsp3) is 0.239. The molecule has 5 aromatic rings. The first kappa shape index (κ1) is 44.0. The number of carbonyl (C=O) groups excluding carboxylic acids is 5. The van der Waals surface area contributed by atoms with E-state index in [0.29, 0.717) is 45.2 Å². The molecule has 4 amide bonds. The number of thioether (sulfide) groups is 1. The SMILES string of the molecule is CCOC(=O)c1c(NC(=O)C(Sc2cccc(NC(=O)/C(=C\c3ccc(O)cc3OC)NC(=O)c3ccccc3)c2)c2ccccc2)sc2c1CCN(C(=O)OC(C)(C)C)C2. The molecule has 0 fully saturated rings. The molecule has 1 unspecified atom stereocenters. The second-order valence-corrected chi connectivity index (χ2v) is 17.0. The minimum atomic E-state index is -0.817. The number of amides is 4. The minimum Gasteiger partial charge on any atom is -0.508 e. The highest BCUT2D eigenvalue weighted by molar-refractivity contribution is 8.00. The summed E-state index contributed by atoms with van der Waals surface area (Å²) in [6.07, 6.45) is 1.36.